The highest BCUT2D eigenvalue weighted by atomic mass is 35.5. The van der Waals surface area contributed by atoms with Crippen LogP contribution in [0.1, 0.15) is 60.6 Å². The molecule has 0 saturated heterocycles. The van der Waals surface area contributed by atoms with Crippen LogP contribution in [0.15, 0.2) is 29.1 Å². The van der Waals surface area contributed by atoms with E-state index in [1.165, 1.54) is 37.8 Å². The molecule has 8 heteroatoms. The average molecular weight is 474 g/mol. The van der Waals surface area contributed by atoms with Crippen molar-refractivity contribution in [1.29, 1.82) is 0 Å². The Bertz CT molecular complexity index is 1220. The number of fused-ring (bicyclic) bond motifs is 1. The van der Waals surface area contributed by atoms with Crippen LogP contribution >= 0.6 is 12.4 Å². The molecule has 0 unspecified atom stereocenters. The van der Waals surface area contributed by atoms with Crippen molar-refractivity contribution < 1.29 is 15.0 Å². The van der Waals surface area contributed by atoms with Crippen molar-refractivity contribution in [3.05, 3.63) is 51.4 Å². The van der Waals surface area contributed by atoms with Crippen LogP contribution in [0.4, 0.5) is 0 Å². The van der Waals surface area contributed by atoms with E-state index in [0.29, 0.717) is 23.7 Å². The van der Waals surface area contributed by atoms with Gasteiger partial charge in [-0.3, -0.25) is 9.69 Å². The summed E-state index contributed by atoms with van der Waals surface area (Å²) in [7, 11) is 4.27. The number of pyridine rings is 1. The molecule has 1 fully saturated rings. The van der Waals surface area contributed by atoms with Crippen LogP contribution < -0.4 is 5.56 Å². The number of carboxylic acid groups (broad SMARTS) is 1. The number of aromatic hydroxyl groups is 1. The lowest BCUT2D eigenvalue weighted by Gasteiger charge is -2.31. The van der Waals surface area contributed by atoms with E-state index in [1.807, 2.05) is 25.1 Å². The molecule has 1 aromatic carbocycles. The molecular weight excluding hydrogens is 442 g/mol. The monoisotopic (exact) mass is 473 g/mol. The first-order chi connectivity index (χ1) is 15.3. The zero-order valence-electron chi connectivity index (χ0n) is 19.4. The molecule has 1 saturated carbocycles. The summed E-state index contributed by atoms with van der Waals surface area (Å²) in [4.78, 5) is 28.9. The Morgan fingerprint density at radius 1 is 1.21 bits per heavy atom. The van der Waals surface area contributed by atoms with Crippen molar-refractivity contribution in [3.8, 4) is 17.0 Å². The van der Waals surface area contributed by atoms with Gasteiger partial charge in [-0.15, -0.1) is 12.4 Å². The lowest BCUT2D eigenvalue weighted by atomic mass is 9.94. The number of carboxylic acids is 1. The van der Waals surface area contributed by atoms with E-state index >= 15 is 0 Å². The highest BCUT2D eigenvalue weighted by molar-refractivity contribution is 5.92. The molecule has 7 nitrogen and oxygen atoms in total. The number of nitrogens with one attached hydrogen (secondary N) is 1. The summed E-state index contributed by atoms with van der Waals surface area (Å²) >= 11 is 0. The first-order valence-electron chi connectivity index (χ1n) is 11.3. The molecule has 3 aromatic rings. The number of hydrogen-bond acceptors (Lipinski definition) is 4. The standard InChI is InChI=1S/C25H31N3O4.ClH/c1-4-19-22(26-24(30)21(23(19)29)25(31)32)15-10-11-20-16(12-15)13-18(28(20)3)14-27(2)17-8-6-5-7-9-17;/h10-13,17H,4-9,14H2,1-3H3,(H,31,32)(H2,26,29,30);1H. The third-order valence-electron chi connectivity index (χ3n) is 6.90. The second kappa shape index (κ2) is 10.0. The van der Waals surface area contributed by atoms with Gasteiger partial charge in [0.2, 0.25) is 0 Å². The summed E-state index contributed by atoms with van der Waals surface area (Å²) in [6, 6.07) is 8.71. The fourth-order valence-electron chi connectivity index (χ4n) is 5.04. The molecule has 1 aliphatic rings. The highest BCUT2D eigenvalue weighted by Crippen LogP contribution is 2.32. The Balaban J connectivity index is 0.00000306. The van der Waals surface area contributed by atoms with E-state index in [9.17, 15) is 19.8 Å². The summed E-state index contributed by atoms with van der Waals surface area (Å²) in [5.74, 6) is -1.89. The molecule has 1 aliphatic carbocycles. The predicted octanol–water partition coefficient (Wildman–Crippen LogP) is 4.69. The minimum atomic E-state index is -1.43. The van der Waals surface area contributed by atoms with Crippen LogP contribution in [-0.4, -0.2) is 43.7 Å². The van der Waals surface area contributed by atoms with Gasteiger partial charge in [0.25, 0.3) is 5.56 Å². The van der Waals surface area contributed by atoms with Gasteiger partial charge in [0.05, 0.1) is 5.69 Å². The number of rotatable bonds is 6. The fraction of sp³-hybridized carbons (Fsp3) is 0.440. The SMILES string of the molecule is CCc1c(-c2ccc3c(c2)cc(CN(C)C2CCCCC2)n3C)[nH]c(=O)c(C(=O)O)c1O.Cl. The summed E-state index contributed by atoms with van der Waals surface area (Å²) in [6.07, 6.45) is 6.85. The van der Waals surface area contributed by atoms with Gasteiger partial charge in [-0.05, 0) is 50.1 Å². The second-order valence-corrected chi connectivity index (χ2v) is 8.87. The van der Waals surface area contributed by atoms with E-state index in [4.69, 9.17) is 0 Å². The highest BCUT2D eigenvalue weighted by Gasteiger charge is 2.23. The van der Waals surface area contributed by atoms with Gasteiger partial charge < -0.3 is 19.8 Å². The van der Waals surface area contributed by atoms with Crippen LogP contribution in [-0.2, 0) is 20.0 Å². The molecule has 2 heterocycles. The van der Waals surface area contributed by atoms with Crippen LogP contribution in [0.5, 0.6) is 5.75 Å². The van der Waals surface area contributed by atoms with E-state index in [2.05, 4.69) is 34.6 Å². The molecule has 33 heavy (non-hydrogen) atoms. The van der Waals surface area contributed by atoms with Gasteiger partial charge in [0.1, 0.15) is 5.75 Å². The van der Waals surface area contributed by atoms with E-state index in [0.717, 1.165) is 23.0 Å². The van der Waals surface area contributed by atoms with Crippen LogP contribution in [0.2, 0.25) is 0 Å². The number of aryl methyl sites for hydroxylation is 1. The number of aromatic carboxylic acids is 1. The third-order valence-corrected chi connectivity index (χ3v) is 6.90. The van der Waals surface area contributed by atoms with Gasteiger partial charge in [-0.25, -0.2) is 4.79 Å². The predicted molar refractivity (Wildman–Crippen MR) is 133 cm³/mol. The smallest absolute Gasteiger partial charge is 0.345 e. The molecule has 178 valence electrons. The first kappa shape index (κ1) is 24.9. The van der Waals surface area contributed by atoms with Crippen LogP contribution in [0.3, 0.4) is 0 Å². The number of carbonyl (C=O) groups is 1. The van der Waals surface area contributed by atoms with E-state index < -0.39 is 22.8 Å². The van der Waals surface area contributed by atoms with Crippen LogP contribution in [0, 0.1) is 0 Å². The third kappa shape index (κ3) is 4.66. The molecule has 0 radical (unpaired) electrons. The molecule has 0 atom stereocenters. The van der Waals surface area contributed by atoms with E-state index in [-0.39, 0.29) is 12.4 Å². The summed E-state index contributed by atoms with van der Waals surface area (Å²) in [6.45, 7) is 2.69. The maximum Gasteiger partial charge on any atom is 0.345 e. The summed E-state index contributed by atoms with van der Waals surface area (Å²) in [5, 5.41) is 20.8. The van der Waals surface area contributed by atoms with Crippen molar-refractivity contribution in [2.24, 2.45) is 7.05 Å². The molecule has 4 rings (SSSR count). The molecule has 0 bridgehead atoms. The van der Waals surface area contributed by atoms with Gasteiger partial charge in [-0.1, -0.05) is 32.3 Å². The van der Waals surface area contributed by atoms with Gasteiger partial charge in [-0.2, -0.15) is 0 Å². The van der Waals surface area contributed by atoms with Crippen molar-refractivity contribution in [2.45, 2.75) is 58.0 Å². The van der Waals surface area contributed by atoms with E-state index in [1.54, 1.807) is 0 Å². The normalized spacial score (nSPS) is 14.5. The average Bonchev–Trinajstić information content (AvgIpc) is 3.08. The molecule has 0 spiro atoms. The lowest BCUT2D eigenvalue weighted by Crippen LogP contribution is -2.33. The Labute approximate surface area is 199 Å². The zero-order valence-corrected chi connectivity index (χ0v) is 20.2. The summed E-state index contributed by atoms with van der Waals surface area (Å²) in [5.41, 5.74) is 2.54. The Hall–Kier alpha value is -2.77. The van der Waals surface area contributed by atoms with Gasteiger partial charge >= 0.3 is 5.97 Å². The molecule has 3 N–H and O–H groups in total. The first-order valence-corrected chi connectivity index (χ1v) is 11.3. The topological polar surface area (TPSA) is 98.6 Å². The van der Waals surface area contributed by atoms with Gasteiger partial charge in [0, 0.05) is 41.8 Å². The largest absolute Gasteiger partial charge is 0.506 e. The maximum absolute atomic E-state index is 12.3. The van der Waals surface area contributed by atoms with Crippen LogP contribution in [0.25, 0.3) is 22.2 Å². The number of halogens is 1. The number of aromatic amines is 1. The molecule has 0 amide bonds. The second-order valence-electron chi connectivity index (χ2n) is 8.87. The Morgan fingerprint density at radius 2 is 1.91 bits per heavy atom. The molecular formula is C25H32ClN3O4. The fourth-order valence-corrected chi connectivity index (χ4v) is 5.04. The van der Waals surface area contributed by atoms with Crippen molar-refractivity contribution >= 4 is 29.3 Å². The van der Waals surface area contributed by atoms with Gasteiger partial charge in [0.15, 0.2) is 5.56 Å². The quantitative estimate of drug-likeness (QED) is 0.482. The van der Waals surface area contributed by atoms with Crippen molar-refractivity contribution in [1.82, 2.24) is 14.5 Å². The minimum Gasteiger partial charge on any atom is -0.506 e. The number of H-pyrrole nitrogens is 1. The number of nitrogens with zero attached hydrogens (tertiary/aromatic N) is 2. The number of hydrogen-bond donors (Lipinski definition) is 3. The molecule has 2 aromatic heterocycles. The Kier molecular flexibility index (Phi) is 7.55. The summed E-state index contributed by atoms with van der Waals surface area (Å²) < 4.78 is 2.20. The lowest BCUT2D eigenvalue weighted by molar-refractivity contribution is 0.0691. The number of benzene rings is 1. The van der Waals surface area contributed by atoms with Crippen molar-refractivity contribution in [2.75, 3.05) is 7.05 Å². The zero-order chi connectivity index (χ0) is 23.0. The maximum atomic E-state index is 12.3. The Morgan fingerprint density at radius 3 is 2.55 bits per heavy atom. The molecule has 0 aliphatic heterocycles. The number of aromatic nitrogens is 2. The minimum absolute atomic E-state index is 0. The van der Waals surface area contributed by atoms with Crippen molar-refractivity contribution in [3.63, 3.8) is 0 Å².